The van der Waals surface area contributed by atoms with Crippen LogP contribution in [0.25, 0.3) is 10.2 Å². The Kier molecular flexibility index (Phi) is 8.60. The fraction of sp³-hybridized carbons (Fsp3) is 0.320. The van der Waals surface area contributed by atoms with Crippen LogP contribution in [-0.2, 0) is 11.3 Å². The van der Waals surface area contributed by atoms with Crippen molar-refractivity contribution in [2.75, 3.05) is 11.1 Å². The van der Waals surface area contributed by atoms with E-state index in [1.54, 1.807) is 24.3 Å². The van der Waals surface area contributed by atoms with Crippen LogP contribution in [0.2, 0.25) is 5.02 Å². The summed E-state index contributed by atoms with van der Waals surface area (Å²) in [5, 5.41) is 16.3. The zero-order valence-electron chi connectivity index (χ0n) is 20.2. The third kappa shape index (κ3) is 6.24. The van der Waals surface area contributed by atoms with Crippen LogP contribution in [0.15, 0.2) is 53.7 Å². The Hall–Kier alpha value is -2.95. The third-order valence-electron chi connectivity index (χ3n) is 5.38. The molecule has 2 heterocycles. The largest absolute Gasteiger partial charge is 0.342 e. The highest BCUT2D eigenvalue weighted by molar-refractivity contribution is 7.99. The number of carbonyl (C=O) groups is 2. The van der Waals surface area contributed by atoms with Crippen LogP contribution in [0.4, 0.5) is 5.13 Å². The van der Waals surface area contributed by atoms with Gasteiger partial charge in [0, 0.05) is 6.54 Å². The maximum Gasteiger partial charge on any atom is 0.253 e. The standard InChI is InChI=1S/C25H27ClN6O2S2/c1-4-32-22(19(13-15(2)3)27-23(34)16-9-5-6-10-17(16)26)30-31-25(32)35-14-21(33)29-24-28-18-11-7-8-12-20(18)36-24/h5-12,15,19H,4,13-14H2,1-3H3,(H,27,34)(H,28,29,33)/t19-/m0/s1. The van der Waals surface area contributed by atoms with Gasteiger partial charge < -0.3 is 15.2 Å². The van der Waals surface area contributed by atoms with E-state index in [2.05, 4.69) is 39.7 Å². The van der Waals surface area contributed by atoms with Crippen molar-refractivity contribution in [1.82, 2.24) is 25.1 Å². The maximum atomic E-state index is 13.0. The molecule has 11 heteroatoms. The van der Waals surface area contributed by atoms with E-state index >= 15 is 0 Å². The number of fused-ring (bicyclic) bond motifs is 1. The van der Waals surface area contributed by atoms with Gasteiger partial charge in [0.2, 0.25) is 5.91 Å². The molecule has 1 atom stereocenters. The number of thiazole rings is 1. The maximum absolute atomic E-state index is 13.0. The first-order valence-electron chi connectivity index (χ1n) is 11.6. The second-order valence-electron chi connectivity index (χ2n) is 8.54. The quantitative estimate of drug-likeness (QED) is 0.245. The third-order valence-corrected chi connectivity index (χ3v) is 7.63. The molecule has 4 aromatic rings. The molecule has 2 aromatic carbocycles. The number of nitrogens with zero attached hydrogens (tertiary/aromatic N) is 4. The van der Waals surface area contributed by atoms with E-state index in [0.717, 1.165) is 10.2 Å². The number of para-hydroxylation sites is 1. The van der Waals surface area contributed by atoms with Crippen LogP contribution in [0, 0.1) is 5.92 Å². The van der Waals surface area contributed by atoms with Crippen LogP contribution in [-0.4, -0.2) is 37.3 Å². The number of thioether (sulfide) groups is 1. The first-order valence-corrected chi connectivity index (χ1v) is 13.8. The van der Waals surface area contributed by atoms with E-state index in [1.165, 1.54) is 23.1 Å². The highest BCUT2D eigenvalue weighted by atomic mass is 35.5. The van der Waals surface area contributed by atoms with Crippen molar-refractivity contribution in [3.05, 3.63) is 64.9 Å². The fourth-order valence-corrected chi connectivity index (χ4v) is 5.67. The summed E-state index contributed by atoms with van der Waals surface area (Å²) in [6.07, 6.45) is 0.678. The zero-order valence-corrected chi connectivity index (χ0v) is 22.6. The van der Waals surface area contributed by atoms with Crippen LogP contribution in [0.3, 0.4) is 0 Å². The van der Waals surface area contributed by atoms with Crippen LogP contribution >= 0.6 is 34.7 Å². The Morgan fingerprint density at radius 1 is 1.11 bits per heavy atom. The molecule has 8 nitrogen and oxygen atoms in total. The molecule has 0 fully saturated rings. The molecular formula is C25H27ClN6O2S2. The smallest absolute Gasteiger partial charge is 0.253 e. The Morgan fingerprint density at radius 3 is 2.58 bits per heavy atom. The van der Waals surface area contributed by atoms with Gasteiger partial charge in [0.15, 0.2) is 16.1 Å². The van der Waals surface area contributed by atoms with Gasteiger partial charge in [0.25, 0.3) is 5.91 Å². The first kappa shape index (κ1) is 26.1. The minimum Gasteiger partial charge on any atom is -0.342 e. The Morgan fingerprint density at radius 2 is 1.86 bits per heavy atom. The van der Waals surface area contributed by atoms with E-state index in [9.17, 15) is 9.59 Å². The Labute approximate surface area is 222 Å². The van der Waals surface area contributed by atoms with Gasteiger partial charge in [-0.05, 0) is 43.5 Å². The van der Waals surface area contributed by atoms with E-state index in [0.29, 0.717) is 45.6 Å². The lowest BCUT2D eigenvalue weighted by Gasteiger charge is -2.21. The zero-order chi connectivity index (χ0) is 25.7. The summed E-state index contributed by atoms with van der Waals surface area (Å²) in [5.74, 6) is 0.688. The highest BCUT2D eigenvalue weighted by Gasteiger charge is 2.25. The fourth-order valence-electron chi connectivity index (χ4n) is 3.75. The number of hydrogen-bond donors (Lipinski definition) is 2. The SMILES string of the molecule is CCn1c(SCC(=O)Nc2nc3ccccc3s2)nnc1[C@H](CC(C)C)NC(=O)c1ccccc1Cl. The van der Waals surface area contributed by atoms with Crippen molar-refractivity contribution >= 4 is 61.9 Å². The molecule has 0 aliphatic heterocycles. The second kappa shape index (κ2) is 11.9. The molecule has 0 saturated heterocycles. The summed E-state index contributed by atoms with van der Waals surface area (Å²) in [6, 6.07) is 14.3. The van der Waals surface area contributed by atoms with Crippen LogP contribution in [0.1, 0.15) is 49.4 Å². The van der Waals surface area contributed by atoms with Gasteiger partial charge in [0.1, 0.15) is 0 Å². The van der Waals surface area contributed by atoms with E-state index in [1.807, 2.05) is 35.8 Å². The summed E-state index contributed by atoms with van der Waals surface area (Å²) in [5.41, 5.74) is 1.27. The Balaban J connectivity index is 1.46. The molecule has 0 bridgehead atoms. The minimum absolute atomic E-state index is 0.162. The minimum atomic E-state index is -0.354. The number of anilines is 1. The molecule has 0 saturated carbocycles. The molecule has 0 unspecified atom stereocenters. The molecular weight excluding hydrogens is 516 g/mol. The summed E-state index contributed by atoms with van der Waals surface area (Å²) in [7, 11) is 0. The topological polar surface area (TPSA) is 102 Å². The van der Waals surface area contributed by atoms with Gasteiger partial charge in [-0.1, -0.05) is 72.8 Å². The van der Waals surface area contributed by atoms with Crippen molar-refractivity contribution in [2.24, 2.45) is 5.92 Å². The number of carbonyl (C=O) groups excluding carboxylic acids is 2. The average molecular weight is 543 g/mol. The average Bonchev–Trinajstić information content (AvgIpc) is 3.45. The van der Waals surface area contributed by atoms with Crippen molar-refractivity contribution < 1.29 is 9.59 Å². The molecule has 2 N–H and O–H groups in total. The van der Waals surface area contributed by atoms with Crippen LogP contribution < -0.4 is 10.6 Å². The van der Waals surface area contributed by atoms with Gasteiger partial charge in [-0.3, -0.25) is 9.59 Å². The van der Waals surface area contributed by atoms with Gasteiger partial charge in [0.05, 0.1) is 32.6 Å². The Bertz CT molecular complexity index is 1340. The lowest BCUT2D eigenvalue weighted by Crippen LogP contribution is -2.31. The van der Waals surface area contributed by atoms with Crippen molar-refractivity contribution in [1.29, 1.82) is 0 Å². The van der Waals surface area contributed by atoms with E-state index < -0.39 is 0 Å². The first-order chi connectivity index (χ1) is 17.4. The summed E-state index contributed by atoms with van der Waals surface area (Å²) in [6.45, 7) is 6.76. The van der Waals surface area contributed by atoms with Crippen LogP contribution in [0.5, 0.6) is 0 Å². The number of halogens is 1. The molecule has 2 amide bonds. The van der Waals surface area contributed by atoms with E-state index in [-0.39, 0.29) is 23.6 Å². The predicted molar refractivity (Wildman–Crippen MR) is 146 cm³/mol. The monoisotopic (exact) mass is 542 g/mol. The number of amides is 2. The lowest BCUT2D eigenvalue weighted by atomic mass is 10.0. The normalized spacial score (nSPS) is 12.1. The van der Waals surface area contributed by atoms with E-state index in [4.69, 9.17) is 11.6 Å². The number of aromatic nitrogens is 4. The molecule has 0 radical (unpaired) electrons. The number of hydrogen-bond acceptors (Lipinski definition) is 7. The van der Waals surface area contributed by atoms with Crippen molar-refractivity contribution in [3.63, 3.8) is 0 Å². The predicted octanol–water partition coefficient (Wildman–Crippen LogP) is 5.81. The van der Waals surface area contributed by atoms with Gasteiger partial charge in [-0.25, -0.2) is 4.98 Å². The molecule has 2 aromatic heterocycles. The van der Waals surface area contributed by atoms with Gasteiger partial charge >= 0.3 is 0 Å². The molecule has 0 aliphatic rings. The van der Waals surface area contributed by atoms with Crippen molar-refractivity contribution in [2.45, 2.75) is 44.9 Å². The summed E-state index contributed by atoms with van der Waals surface area (Å²) >= 11 is 8.97. The van der Waals surface area contributed by atoms with Crippen molar-refractivity contribution in [3.8, 4) is 0 Å². The number of benzene rings is 2. The second-order valence-corrected chi connectivity index (χ2v) is 10.9. The highest BCUT2D eigenvalue weighted by Crippen LogP contribution is 2.28. The number of nitrogens with one attached hydrogen (secondary N) is 2. The lowest BCUT2D eigenvalue weighted by molar-refractivity contribution is -0.113. The molecule has 4 rings (SSSR count). The summed E-state index contributed by atoms with van der Waals surface area (Å²) < 4.78 is 2.96. The molecule has 36 heavy (non-hydrogen) atoms. The number of rotatable bonds is 10. The molecule has 188 valence electrons. The summed E-state index contributed by atoms with van der Waals surface area (Å²) in [4.78, 5) is 30.0. The molecule has 0 spiro atoms. The molecule has 0 aliphatic carbocycles. The van der Waals surface area contributed by atoms with Gasteiger partial charge in [-0.15, -0.1) is 10.2 Å². The van der Waals surface area contributed by atoms with Gasteiger partial charge in [-0.2, -0.15) is 0 Å².